The summed E-state index contributed by atoms with van der Waals surface area (Å²) in [5.41, 5.74) is 7.00. The number of halogens is 1. The maximum absolute atomic E-state index is 12.3. The molecule has 3 rings (SSSR count). The number of rotatable bonds is 2. The van der Waals surface area contributed by atoms with Gasteiger partial charge in [-0.1, -0.05) is 6.92 Å². The van der Waals surface area contributed by atoms with Crippen LogP contribution in [0.3, 0.4) is 0 Å². The Labute approximate surface area is 127 Å². The third-order valence-electron chi connectivity index (χ3n) is 4.38. The highest BCUT2D eigenvalue weighted by atomic mass is 79.9. The first-order valence-electron chi connectivity index (χ1n) is 7.05. The Morgan fingerprint density at radius 2 is 2.35 bits per heavy atom. The van der Waals surface area contributed by atoms with Crippen molar-refractivity contribution in [1.29, 1.82) is 0 Å². The van der Waals surface area contributed by atoms with E-state index < -0.39 is 0 Å². The van der Waals surface area contributed by atoms with Crippen LogP contribution < -0.4 is 16.2 Å². The van der Waals surface area contributed by atoms with E-state index in [0.29, 0.717) is 23.6 Å². The van der Waals surface area contributed by atoms with Crippen LogP contribution in [0.4, 0.5) is 0 Å². The molecule has 1 saturated carbocycles. The number of fused-ring (bicyclic) bond motifs is 1. The molecule has 108 valence electrons. The zero-order chi connectivity index (χ0) is 14.1. The van der Waals surface area contributed by atoms with Gasteiger partial charge in [-0.3, -0.25) is 15.6 Å². The second kappa shape index (κ2) is 5.79. The van der Waals surface area contributed by atoms with Crippen LogP contribution in [-0.4, -0.2) is 29.5 Å². The molecule has 1 aliphatic heterocycles. The van der Waals surface area contributed by atoms with E-state index in [1.165, 1.54) is 0 Å². The Bertz CT molecular complexity index is 510. The molecule has 0 aromatic carbocycles. The smallest absolute Gasteiger partial charge is 0.271 e. The largest absolute Gasteiger partial charge is 0.348 e. The van der Waals surface area contributed by atoms with E-state index in [1.54, 1.807) is 6.20 Å². The molecule has 1 saturated heterocycles. The van der Waals surface area contributed by atoms with Crippen molar-refractivity contribution in [2.45, 2.75) is 31.8 Å². The molecule has 1 amide bonds. The summed E-state index contributed by atoms with van der Waals surface area (Å²) < 4.78 is 0.736. The standard InChI is InChI=1S/C14H19BrN4O/c1-8-5-9(6-12-10(8)7-17-19-12)18-14(20)13-11(15)3-2-4-16-13/h2-4,8-10,12,17,19H,5-7H2,1H3,(H,18,20). The normalized spacial score (nSPS) is 32.7. The Morgan fingerprint density at radius 3 is 3.15 bits per heavy atom. The molecule has 20 heavy (non-hydrogen) atoms. The molecule has 1 aromatic heterocycles. The number of nitrogens with zero attached hydrogens (tertiary/aromatic N) is 1. The molecule has 4 atom stereocenters. The van der Waals surface area contributed by atoms with Gasteiger partial charge in [-0.25, -0.2) is 4.98 Å². The van der Waals surface area contributed by atoms with Gasteiger partial charge in [0.25, 0.3) is 5.91 Å². The van der Waals surface area contributed by atoms with Crippen LogP contribution in [0.2, 0.25) is 0 Å². The Morgan fingerprint density at radius 1 is 1.50 bits per heavy atom. The van der Waals surface area contributed by atoms with Crippen LogP contribution in [0.15, 0.2) is 22.8 Å². The lowest BCUT2D eigenvalue weighted by atomic mass is 9.75. The monoisotopic (exact) mass is 338 g/mol. The van der Waals surface area contributed by atoms with Crippen LogP contribution in [-0.2, 0) is 0 Å². The molecule has 3 N–H and O–H groups in total. The number of hydrogen-bond donors (Lipinski definition) is 3. The quantitative estimate of drug-likeness (QED) is 0.763. The third-order valence-corrected chi connectivity index (χ3v) is 5.02. The highest BCUT2D eigenvalue weighted by Crippen LogP contribution is 2.32. The van der Waals surface area contributed by atoms with Gasteiger partial charge in [0.1, 0.15) is 5.69 Å². The minimum absolute atomic E-state index is 0.0981. The van der Waals surface area contributed by atoms with E-state index in [2.05, 4.69) is 44.0 Å². The summed E-state index contributed by atoms with van der Waals surface area (Å²) in [5.74, 6) is 1.18. The van der Waals surface area contributed by atoms with E-state index in [-0.39, 0.29) is 11.9 Å². The van der Waals surface area contributed by atoms with Crippen molar-refractivity contribution >= 4 is 21.8 Å². The number of amides is 1. The summed E-state index contributed by atoms with van der Waals surface area (Å²) in [6.45, 7) is 3.29. The van der Waals surface area contributed by atoms with Crippen molar-refractivity contribution < 1.29 is 4.79 Å². The van der Waals surface area contributed by atoms with Crippen molar-refractivity contribution in [2.24, 2.45) is 11.8 Å². The lowest BCUT2D eigenvalue weighted by molar-refractivity contribution is 0.0897. The molecular weight excluding hydrogens is 320 g/mol. The number of pyridine rings is 1. The Balaban J connectivity index is 1.66. The second-order valence-electron chi connectivity index (χ2n) is 5.75. The second-order valence-corrected chi connectivity index (χ2v) is 6.60. The maximum Gasteiger partial charge on any atom is 0.271 e. The van der Waals surface area contributed by atoms with Crippen molar-refractivity contribution in [3.63, 3.8) is 0 Å². The molecule has 0 bridgehead atoms. The van der Waals surface area contributed by atoms with Gasteiger partial charge in [0.05, 0.1) is 0 Å². The van der Waals surface area contributed by atoms with E-state index in [4.69, 9.17) is 0 Å². The summed E-state index contributed by atoms with van der Waals surface area (Å²) in [6, 6.07) is 4.31. The number of aromatic nitrogens is 1. The summed E-state index contributed by atoms with van der Waals surface area (Å²) in [5, 5.41) is 3.12. The highest BCUT2D eigenvalue weighted by molar-refractivity contribution is 9.10. The zero-order valence-electron chi connectivity index (χ0n) is 11.4. The molecule has 0 radical (unpaired) electrons. The van der Waals surface area contributed by atoms with Crippen molar-refractivity contribution in [2.75, 3.05) is 6.54 Å². The number of carbonyl (C=O) groups is 1. The predicted octanol–water partition coefficient (Wildman–Crippen LogP) is 1.46. The SMILES string of the molecule is CC1CC(NC(=O)c2ncccc2Br)CC2NNCC12. The van der Waals surface area contributed by atoms with Crippen LogP contribution in [0.5, 0.6) is 0 Å². The predicted molar refractivity (Wildman–Crippen MR) is 80.0 cm³/mol. The topological polar surface area (TPSA) is 66.0 Å². The zero-order valence-corrected chi connectivity index (χ0v) is 13.0. The highest BCUT2D eigenvalue weighted by Gasteiger charge is 2.38. The lowest BCUT2D eigenvalue weighted by Crippen LogP contribution is -2.48. The van der Waals surface area contributed by atoms with Gasteiger partial charge in [0.15, 0.2) is 0 Å². The van der Waals surface area contributed by atoms with E-state index in [9.17, 15) is 4.79 Å². The van der Waals surface area contributed by atoms with Crippen LogP contribution in [0, 0.1) is 11.8 Å². The summed E-state index contributed by atoms with van der Waals surface area (Å²) in [4.78, 5) is 16.4. The maximum atomic E-state index is 12.3. The van der Waals surface area contributed by atoms with Crippen LogP contribution in [0.1, 0.15) is 30.3 Å². The van der Waals surface area contributed by atoms with Gasteiger partial charge in [-0.05, 0) is 52.7 Å². The third kappa shape index (κ3) is 2.73. The Hall–Kier alpha value is -0.980. The average Bonchev–Trinajstić information content (AvgIpc) is 2.88. The number of hydrazine groups is 1. The molecule has 5 nitrogen and oxygen atoms in total. The fourth-order valence-electron chi connectivity index (χ4n) is 3.34. The lowest BCUT2D eigenvalue weighted by Gasteiger charge is -2.36. The van der Waals surface area contributed by atoms with Gasteiger partial charge in [-0.15, -0.1) is 0 Å². The number of carbonyl (C=O) groups excluding carboxylic acids is 1. The number of nitrogens with one attached hydrogen (secondary N) is 3. The molecule has 2 fully saturated rings. The van der Waals surface area contributed by atoms with Crippen LogP contribution in [0.25, 0.3) is 0 Å². The average molecular weight is 339 g/mol. The first kappa shape index (κ1) is 14.0. The van der Waals surface area contributed by atoms with Crippen molar-refractivity contribution in [1.82, 2.24) is 21.2 Å². The van der Waals surface area contributed by atoms with Crippen LogP contribution >= 0.6 is 15.9 Å². The Kier molecular flexibility index (Phi) is 4.05. The van der Waals surface area contributed by atoms with Gasteiger partial charge < -0.3 is 5.32 Å². The van der Waals surface area contributed by atoms with Gasteiger partial charge in [0, 0.05) is 29.3 Å². The van der Waals surface area contributed by atoms with Gasteiger partial charge >= 0.3 is 0 Å². The molecule has 2 aliphatic rings. The summed E-state index contributed by atoms with van der Waals surface area (Å²) >= 11 is 3.37. The number of hydrogen-bond acceptors (Lipinski definition) is 4. The summed E-state index contributed by atoms with van der Waals surface area (Å²) in [7, 11) is 0. The van der Waals surface area contributed by atoms with Crippen molar-refractivity contribution in [3.8, 4) is 0 Å². The van der Waals surface area contributed by atoms with Gasteiger partial charge in [-0.2, -0.15) is 0 Å². The molecule has 0 spiro atoms. The fourth-order valence-corrected chi connectivity index (χ4v) is 3.77. The molecular formula is C14H19BrN4O. The van der Waals surface area contributed by atoms with Gasteiger partial charge in [0.2, 0.25) is 0 Å². The van der Waals surface area contributed by atoms with E-state index in [1.807, 2.05) is 12.1 Å². The molecule has 1 aliphatic carbocycles. The minimum atomic E-state index is -0.0981. The molecule has 1 aromatic rings. The minimum Gasteiger partial charge on any atom is -0.348 e. The molecule has 4 unspecified atom stereocenters. The fraction of sp³-hybridized carbons (Fsp3) is 0.571. The van der Waals surface area contributed by atoms with E-state index >= 15 is 0 Å². The molecule has 2 heterocycles. The first-order valence-corrected chi connectivity index (χ1v) is 7.84. The summed E-state index contributed by atoms with van der Waals surface area (Å²) in [6.07, 6.45) is 3.64. The molecule has 6 heteroatoms. The van der Waals surface area contributed by atoms with E-state index in [0.717, 1.165) is 23.9 Å². The first-order chi connectivity index (χ1) is 9.65. The van der Waals surface area contributed by atoms with Crippen molar-refractivity contribution in [3.05, 3.63) is 28.5 Å².